The van der Waals surface area contributed by atoms with Gasteiger partial charge >= 0.3 is 17.9 Å². The molecule has 0 fully saturated rings. The Bertz CT molecular complexity index is 1470. The second kappa shape index (κ2) is 59.6. The molecule has 0 heterocycles. The summed E-state index contributed by atoms with van der Waals surface area (Å²) in [6, 6.07) is 0. The van der Waals surface area contributed by atoms with Crippen LogP contribution in [0, 0.1) is 0 Å². The van der Waals surface area contributed by atoms with Crippen molar-refractivity contribution < 1.29 is 28.6 Å². The molecule has 0 aromatic rings. The summed E-state index contributed by atoms with van der Waals surface area (Å²) in [5.74, 6) is -0.994. The van der Waals surface area contributed by atoms with E-state index in [9.17, 15) is 14.4 Å². The van der Waals surface area contributed by atoms with Gasteiger partial charge in [0.1, 0.15) is 13.2 Å². The van der Waals surface area contributed by atoms with Crippen LogP contribution in [-0.4, -0.2) is 37.2 Å². The van der Waals surface area contributed by atoms with Crippen molar-refractivity contribution in [1.29, 1.82) is 0 Å². The molecule has 0 radical (unpaired) electrons. The maximum absolute atomic E-state index is 12.7. The SMILES string of the molecule is CC/C=C\C/C=C\C/C=C\C/C=C\C/C=C\CCCCCCCCCCCCCCCCCCCCCC(=O)OCC(COC(=O)CCCCCCCC)OC(=O)CC/C=C\C/C=C\C/C=C\C/C=C\CC. The highest BCUT2D eigenvalue weighted by Gasteiger charge is 2.19. The van der Waals surface area contributed by atoms with Gasteiger partial charge in [0.25, 0.3) is 0 Å². The van der Waals surface area contributed by atoms with E-state index in [2.05, 4.69) is 118 Å². The molecule has 0 N–H and O–H groups in total. The van der Waals surface area contributed by atoms with Gasteiger partial charge in [-0.25, -0.2) is 0 Å². The number of hydrogen-bond acceptors (Lipinski definition) is 6. The molecule has 6 nitrogen and oxygen atoms in total. The quantitative estimate of drug-likeness (QED) is 0.0261. The van der Waals surface area contributed by atoms with Crippen LogP contribution in [0.3, 0.4) is 0 Å². The highest BCUT2D eigenvalue weighted by atomic mass is 16.6. The lowest BCUT2D eigenvalue weighted by molar-refractivity contribution is -0.166. The van der Waals surface area contributed by atoms with Gasteiger partial charge in [0.2, 0.25) is 0 Å². The zero-order valence-corrected chi connectivity index (χ0v) is 46.9. The smallest absolute Gasteiger partial charge is 0.306 e. The van der Waals surface area contributed by atoms with Gasteiger partial charge in [-0.05, 0) is 89.9 Å². The van der Waals surface area contributed by atoms with E-state index in [4.69, 9.17) is 14.2 Å². The van der Waals surface area contributed by atoms with Gasteiger partial charge in [0.15, 0.2) is 6.10 Å². The van der Waals surface area contributed by atoms with Crippen LogP contribution in [0.5, 0.6) is 0 Å². The van der Waals surface area contributed by atoms with E-state index >= 15 is 0 Å². The summed E-state index contributed by atoms with van der Waals surface area (Å²) in [5.41, 5.74) is 0. The van der Waals surface area contributed by atoms with Crippen LogP contribution in [0.1, 0.15) is 271 Å². The summed E-state index contributed by atoms with van der Waals surface area (Å²) in [4.78, 5) is 37.8. The van der Waals surface area contributed by atoms with Crippen molar-refractivity contribution in [2.45, 2.75) is 277 Å². The van der Waals surface area contributed by atoms with Crippen molar-refractivity contribution in [3.8, 4) is 0 Å². The first kappa shape index (κ1) is 68.1. The van der Waals surface area contributed by atoms with E-state index in [1.807, 2.05) is 12.2 Å². The molecule has 1 atom stereocenters. The lowest BCUT2D eigenvalue weighted by atomic mass is 10.0. The third-order valence-corrected chi connectivity index (χ3v) is 12.5. The standard InChI is InChI=1S/C66H110O6/c1-4-7-10-13-16-18-20-22-23-24-25-26-27-28-29-30-31-32-33-34-35-36-37-38-39-40-41-42-43-45-46-48-50-53-56-59-65(68)71-62-63(61-70-64(67)58-55-52-15-12-9-6-3)72-66(69)60-57-54-51-49-47-44-21-19-17-14-11-8-5-2/h7-8,10-11,16-19,22-23,25-26,28-29,44,47,51,54,63H,4-6,9,12-15,20-21,24,27,30-43,45-46,48-50,52-53,55-62H2,1-3H3/b10-7-,11-8-,18-16-,19-17-,23-22-,26-25-,29-28-,47-44-,54-51-. The minimum absolute atomic E-state index is 0.104. The molecule has 410 valence electrons. The molecule has 0 aromatic carbocycles. The Morgan fingerprint density at radius 3 is 0.903 bits per heavy atom. The lowest BCUT2D eigenvalue weighted by Gasteiger charge is -2.18. The van der Waals surface area contributed by atoms with Gasteiger partial charge in [0.05, 0.1) is 0 Å². The average molecular weight is 1000 g/mol. The van der Waals surface area contributed by atoms with Crippen LogP contribution >= 0.6 is 0 Å². The second-order valence-electron chi connectivity index (χ2n) is 19.5. The summed E-state index contributed by atoms with van der Waals surface area (Å²) in [5, 5.41) is 0. The summed E-state index contributed by atoms with van der Waals surface area (Å²) in [6.07, 6.45) is 81.6. The van der Waals surface area contributed by atoms with Crippen LogP contribution in [-0.2, 0) is 28.6 Å². The van der Waals surface area contributed by atoms with E-state index < -0.39 is 12.1 Å². The van der Waals surface area contributed by atoms with Gasteiger partial charge in [0, 0.05) is 19.3 Å². The number of carbonyl (C=O) groups is 3. The number of esters is 3. The third-order valence-electron chi connectivity index (χ3n) is 12.5. The Kier molecular flexibility index (Phi) is 56.4. The van der Waals surface area contributed by atoms with Gasteiger partial charge < -0.3 is 14.2 Å². The summed E-state index contributed by atoms with van der Waals surface area (Å²) < 4.78 is 16.6. The van der Waals surface area contributed by atoms with Gasteiger partial charge in [-0.15, -0.1) is 0 Å². The Balaban J connectivity index is 3.96. The molecule has 0 spiro atoms. The van der Waals surface area contributed by atoms with Crippen molar-refractivity contribution in [1.82, 2.24) is 0 Å². The molecular weight excluding hydrogens is 889 g/mol. The van der Waals surface area contributed by atoms with Crippen molar-refractivity contribution >= 4 is 17.9 Å². The van der Waals surface area contributed by atoms with Gasteiger partial charge in [-0.1, -0.05) is 271 Å². The number of carbonyl (C=O) groups excluding carboxylic acids is 3. The largest absolute Gasteiger partial charge is 0.462 e. The van der Waals surface area contributed by atoms with Crippen LogP contribution < -0.4 is 0 Å². The van der Waals surface area contributed by atoms with E-state index in [-0.39, 0.29) is 31.6 Å². The molecule has 0 aliphatic carbocycles. The molecule has 72 heavy (non-hydrogen) atoms. The van der Waals surface area contributed by atoms with E-state index in [1.165, 1.54) is 128 Å². The van der Waals surface area contributed by atoms with E-state index in [0.29, 0.717) is 19.3 Å². The first-order chi connectivity index (χ1) is 35.5. The molecule has 0 aromatic heterocycles. The zero-order chi connectivity index (χ0) is 52.2. The molecule has 0 amide bonds. The first-order valence-electron chi connectivity index (χ1n) is 29.9. The number of unbranched alkanes of at least 4 members (excludes halogenated alkanes) is 24. The fourth-order valence-corrected chi connectivity index (χ4v) is 8.13. The first-order valence-corrected chi connectivity index (χ1v) is 29.9. The highest BCUT2D eigenvalue weighted by Crippen LogP contribution is 2.16. The number of ether oxygens (including phenoxy) is 3. The maximum Gasteiger partial charge on any atom is 0.306 e. The molecule has 0 aliphatic rings. The number of allylic oxidation sites excluding steroid dienone is 18. The van der Waals surface area contributed by atoms with Crippen molar-refractivity contribution in [2.24, 2.45) is 0 Å². The lowest BCUT2D eigenvalue weighted by Crippen LogP contribution is -2.30. The van der Waals surface area contributed by atoms with Crippen LogP contribution in [0.2, 0.25) is 0 Å². The molecule has 0 saturated carbocycles. The Morgan fingerprint density at radius 2 is 0.569 bits per heavy atom. The molecule has 1 unspecified atom stereocenters. The van der Waals surface area contributed by atoms with Crippen molar-refractivity contribution in [3.05, 3.63) is 109 Å². The normalized spacial score (nSPS) is 12.9. The monoisotopic (exact) mass is 999 g/mol. The van der Waals surface area contributed by atoms with Gasteiger partial charge in [-0.3, -0.25) is 14.4 Å². The van der Waals surface area contributed by atoms with Crippen LogP contribution in [0.15, 0.2) is 109 Å². The third kappa shape index (κ3) is 57.0. The zero-order valence-electron chi connectivity index (χ0n) is 46.9. The van der Waals surface area contributed by atoms with E-state index in [1.54, 1.807) is 0 Å². The maximum atomic E-state index is 12.7. The number of rotatable bonds is 53. The molecule has 0 aliphatic heterocycles. The second-order valence-corrected chi connectivity index (χ2v) is 19.5. The Morgan fingerprint density at radius 1 is 0.292 bits per heavy atom. The summed E-state index contributed by atoms with van der Waals surface area (Å²) >= 11 is 0. The Hall–Kier alpha value is -3.93. The fourth-order valence-electron chi connectivity index (χ4n) is 8.13. The summed E-state index contributed by atoms with van der Waals surface area (Å²) in [7, 11) is 0. The topological polar surface area (TPSA) is 78.9 Å². The van der Waals surface area contributed by atoms with Crippen LogP contribution in [0.25, 0.3) is 0 Å². The minimum Gasteiger partial charge on any atom is -0.462 e. The Labute approximate surface area is 444 Å². The van der Waals surface area contributed by atoms with Crippen molar-refractivity contribution in [2.75, 3.05) is 13.2 Å². The summed E-state index contributed by atoms with van der Waals surface area (Å²) in [6.45, 7) is 6.29. The predicted molar refractivity (Wildman–Crippen MR) is 311 cm³/mol. The van der Waals surface area contributed by atoms with E-state index in [0.717, 1.165) is 96.3 Å². The molecule has 0 bridgehead atoms. The fraction of sp³-hybridized carbons (Fsp3) is 0.682. The molecule has 0 rings (SSSR count). The minimum atomic E-state index is -0.810. The number of hydrogen-bond donors (Lipinski definition) is 0. The molecule has 6 heteroatoms. The highest BCUT2D eigenvalue weighted by molar-refractivity contribution is 5.71. The van der Waals surface area contributed by atoms with Crippen LogP contribution in [0.4, 0.5) is 0 Å². The predicted octanol–water partition coefficient (Wildman–Crippen LogP) is 20.3. The van der Waals surface area contributed by atoms with Gasteiger partial charge in [-0.2, -0.15) is 0 Å². The average Bonchev–Trinajstić information content (AvgIpc) is 3.38. The molecular formula is C66H110O6. The molecule has 0 saturated heterocycles. The van der Waals surface area contributed by atoms with Crippen molar-refractivity contribution in [3.63, 3.8) is 0 Å².